The van der Waals surface area contributed by atoms with Crippen LogP contribution in [0.5, 0.6) is 5.75 Å². The highest BCUT2D eigenvalue weighted by Gasteiger charge is 2.13. The van der Waals surface area contributed by atoms with Crippen LogP contribution >= 0.6 is 11.6 Å². The highest BCUT2D eigenvalue weighted by Crippen LogP contribution is 2.25. The number of nitrogens with zero attached hydrogens (tertiary/aromatic N) is 1. The van der Waals surface area contributed by atoms with Crippen molar-refractivity contribution in [1.29, 1.82) is 0 Å². The third-order valence-corrected chi connectivity index (χ3v) is 3.16. The molecule has 0 unspecified atom stereocenters. The molecule has 0 aliphatic heterocycles. The summed E-state index contributed by atoms with van der Waals surface area (Å²) in [5.74, 6) is -0.559. The lowest BCUT2D eigenvalue weighted by Gasteiger charge is -2.08. The number of carbonyl (C=O) groups is 1. The van der Waals surface area contributed by atoms with Gasteiger partial charge in [0.05, 0.1) is 23.0 Å². The zero-order chi connectivity index (χ0) is 14.1. The van der Waals surface area contributed by atoms with Crippen molar-refractivity contribution in [2.75, 3.05) is 5.32 Å². The van der Waals surface area contributed by atoms with Crippen LogP contribution in [0.15, 0.2) is 42.6 Å². The van der Waals surface area contributed by atoms with E-state index in [1.165, 1.54) is 18.2 Å². The zero-order valence-corrected chi connectivity index (χ0v) is 11.0. The van der Waals surface area contributed by atoms with Crippen LogP contribution in [0.1, 0.15) is 10.4 Å². The average molecular weight is 288 g/mol. The van der Waals surface area contributed by atoms with E-state index in [0.29, 0.717) is 10.7 Å². The van der Waals surface area contributed by atoms with Crippen LogP contribution in [0.25, 0.3) is 10.9 Å². The van der Waals surface area contributed by atoms with Crippen molar-refractivity contribution < 1.29 is 9.90 Å². The number of fused-ring (bicyclic) bond motifs is 1. The smallest absolute Gasteiger partial charge is 0.259 e. The van der Waals surface area contributed by atoms with Gasteiger partial charge in [0.1, 0.15) is 5.75 Å². The Labute approximate surface area is 119 Å². The number of benzene rings is 2. The third-order valence-electron chi connectivity index (χ3n) is 2.93. The molecule has 0 fully saturated rings. The van der Waals surface area contributed by atoms with Crippen LogP contribution in [0.4, 0.5) is 5.69 Å². The Hall–Kier alpha value is -2.53. The van der Waals surface area contributed by atoms with Crippen molar-refractivity contribution in [3.63, 3.8) is 0 Å². The molecule has 6 heteroatoms. The number of H-pyrrole nitrogens is 1. The molecule has 1 amide bonds. The van der Waals surface area contributed by atoms with Gasteiger partial charge in [-0.2, -0.15) is 5.10 Å². The molecule has 3 aromatic rings. The van der Waals surface area contributed by atoms with Gasteiger partial charge in [-0.05, 0) is 24.3 Å². The molecule has 0 aliphatic carbocycles. The second kappa shape index (κ2) is 4.86. The minimum Gasteiger partial charge on any atom is -0.507 e. The van der Waals surface area contributed by atoms with Crippen molar-refractivity contribution in [1.82, 2.24) is 10.2 Å². The molecule has 0 saturated carbocycles. The maximum Gasteiger partial charge on any atom is 0.259 e. The van der Waals surface area contributed by atoms with Gasteiger partial charge in [-0.1, -0.05) is 23.7 Å². The number of nitrogens with one attached hydrogen (secondary N) is 2. The fraction of sp³-hybridized carbons (Fsp3) is 0. The van der Waals surface area contributed by atoms with Gasteiger partial charge in [-0.3, -0.25) is 9.89 Å². The molecule has 0 radical (unpaired) electrons. The summed E-state index contributed by atoms with van der Waals surface area (Å²) in [6.07, 6.45) is 1.67. The summed E-state index contributed by atoms with van der Waals surface area (Å²) >= 11 is 5.83. The topological polar surface area (TPSA) is 78.0 Å². The summed E-state index contributed by atoms with van der Waals surface area (Å²) in [6.45, 7) is 0. The standard InChI is InChI=1S/C14H10ClN3O2/c15-9-4-5-12(19)10(6-9)14(20)17-11-3-1-2-8-7-16-18-13(8)11/h1-7,19H,(H,16,18)(H,17,20). The molecular formula is C14H10ClN3O2. The number of aromatic nitrogens is 2. The zero-order valence-electron chi connectivity index (χ0n) is 10.2. The lowest BCUT2D eigenvalue weighted by molar-refractivity contribution is 0.102. The minimum absolute atomic E-state index is 0.119. The molecule has 2 aromatic carbocycles. The first-order chi connectivity index (χ1) is 9.65. The van der Waals surface area contributed by atoms with E-state index < -0.39 is 5.91 Å². The number of amides is 1. The van der Waals surface area contributed by atoms with Gasteiger partial charge >= 0.3 is 0 Å². The van der Waals surface area contributed by atoms with Gasteiger partial charge in [0.25, 0.3) is 5.91 Å². The molecule has 1 aromatic heterocycles. The van der Waals surface area contributed by atoms with Crippen molar-refractivity contribution in [3.8, 4) is 5.75 Å². The van der Waals surface area contributed by atoms with Crippen molar-refractivity contribution in [2.45, 2.75) is 0 Å². The van der Waals surface area contributed by atoms with Gasteiger partial charge in [0.15, 0.2) is 0 Å². The lowest BCUT2D eigenvalue weighted by Crippen LogP contribution is -2.12. The van der Waals surface area contributed by atoms with E-state index in [-0.39, 0.29) is 11.3 Å². The summed E-state index contributed by atoms with van der Waals surface area (Å²) < 4.78 is 0. The number of carbonyl (C=O) groups excluding carboxylic acids is 1. The molecular weight excluding hydrogens is 278 g/mol. The molecule has 0 atom stereocenters. The summed E-state index contributed by atoms with van der Waals surface area (Å²) in [5, 5.41) is 20.5. The molecule has 100 valence electrons. The predicted octanol–water partition coefficient (Wildman–Crippen LogP) is 3.17. The molecule has 0 aliphatic rings. The number of hydrogen-bond donors (Lipinski definition) is 3. The number of aromatic hydroxyl groups is 1. The molecule has 3 rings (SSSR count). The Morgan fingerprint density at radius 3 is 3.00 bits per heavy atom. The first-order valence-corrected chi connectivity index (χ1v) is 6.25. The van der Waals surface area contributed by atoms with Crippen LogP contribution in [-0.4, -0.2) is 21.2 Å². The van der Waals surface area contributed by atoms with Crippen LogP contribution in [0, 0.1) is 0 Å². The largest absolute Gasteiger partial charge is 0.507 e. The maximum atomic E-state index is 12.2. The second-order valence-electron chi connectivity index (χ2n) is 4.26. The molecule has 20 heavy (non-hydrogen) atoms. The highest BCUT2D eigenvalue weighted by molar-refractivity contribution is 6.31. The predicted molar refractivity (Wildman–Crippen MR) is 77.2 cm³/mol. The first-order valence-electron chi connectivity index (χ1n) is 5.87. The van der Waals surface area contributed by atoms with Crippen molar-refractivity contribution in [3.05, 3.63) is 53.2 Å². The number of phenols is 1. The Kier molecular flexibility index (Phi) is 3.04. The van der Waals surface area contributed by atoms with Crippen LogP contribution < -0.4 is 5.32 Å². The van der Waals surface area contributed by atoms with E-state index in [9.17, 15) is 9.90 Å². The SMILES string of the molecule is O=C(Nc1cccc2cn[nH]c12)c1cc(Cl)ccc1O. The molecule has 5 nitrogen and oxygen atoms in total. The maximum absolute atomic E-state index is 12.2. The van der Waals surface area contributed by atoms with Gasteiger partial charge in [-0.15, -0.1) is 0 Å². The number of para-hydroxylation sites is 1. The Bertz CT molecular complexity index is 798. The number of aromatic amines is 1. The van der Waals surface area contributed by atoms with Gasteiger partial charge in [-0.25, -0.2) is 0 Å². The molecule has 0 saturated heterocycles. The molecule has 0 spiro atoms. The number of phenolic OH excluding ortho intramolecular Hbond substituents is 1. The summed E-state index contributed by atoms with van der Waals surface area (Å²) in [7, 11) is 0. The van der Waals surface area contributed by atoms with Gasteiger partial charge < -0.3 is 10.4 Å². The van der Waals surface area contributed by atoms with Gasteiger partial charge in [0.2, 0.25) is 0 Å². The Morgan fingerprint density at radius 2 is 2.15 bits per heavy atom. The normalized spacial score (nSPS) is 10.7. The third kappa shape index (κ3) is 2.19. The number of rotatable bonds is 2. The number of anilines is 1. The fourth-order valence-corrected chi connectivity index (χ4v) is 2.12. The van der Waals surface area contributed by atoms with Crippen LogP contribution in [-0.2, 0) is 0 Å². The molecule has 3 N–H and O–H groups in total. The van der Waals surface area contributed by atoms with E-state index >= 15 is 0 Å². The van der Waals surface area contributed by atoms with E-state index in [2.05, 4.69) is 15.5 Å². The summed E-state index contributed by atoms with van der Waals surface area (Å²) in [4.78, 5) is 12.2. The summed E-state index contributed by atoms with van der Waals surface area (Å²) in [6, 6.07) is 9.76. The van der Waals surface area contributed by atoms with Crippen LogP contribution in [0.2, 0.25) is 5.02 Å². The first kappa shape index (κ1) is 12.5. The van der Waals surface area contributed by atoms with Gasteiger partial charge in [0, 0.05) is 10.4 Å². The monoisotopic (exact) mass is 287 g/mol. The van der Waals surface area contributed by atoms with Crippen LogP contribution in [0.3, 0.4) is 0 Å². The number of hydrogen-bond acceptors (Lipinski definition) is 3. The Morgan fingerprint density at radius 1 is 1.30 bits per heavy atom. The highest BCUT2D eigenvalue weighted by atomic mass is 35.5. The van der Waals surface area contributed by atoms with E-state index in [4.69, 9.17) is 11.6 Å². The minimum atomic E-state index is -0.438. The number of halogens is 1. The van der Waals surface area contributed by atoms with E-state index in [1.807, 2.05) is 12.1 Å². The molecule has 0 bridgehead atoms. The fourth-order valence-electron chi connectivity index (χ4n) is 1.95. The lowest BCUT2D eigenvalue weighted by atomic mass is 10.1. The van der Waals surface area contributed by atoms with E-state index in [1.54, 1.807) is 12.3 Å². The quantitative estimate of drug-likeness (QED) is 0.677. The Balaban J connectivity index is 1.96. The van der Waals surface area contributed by atoms with Crippen molar-refractivity contribution >= 4 is 34.1 Å². The summed E-state index contributed by atoms with van der Waals surface area (Å²) in [5.41, 5.74) is 1.43. The van der Waals surface area contributed by atoms with Crippen molar-refractivity contribution in [2.24, 2.45) is 0 Å². The average Bonchev–Trinajstić information content (AvgIpc) is 2.91. The molecule has 1 heterocycles. The van der Waals surface area contributed by atoms with E-state index in [0.717, 1.165) is 10.9 Å². The second-order valence-corrected chi connectivity index (χ2v) is 4.69.